The fourth-order valence-corrected chi connectivity index (χ4v) is 4.69. The average molecular weight is 445 g/mol. The van der Waals surface area contributed by atoms with Crippen molar-refractivity contribution in [3.8, 4) is 11.1 Å². The van der Waals surface area contributed by atoms with Crippen LogP contribution in [0.25, 0.3) is 16.8 Å². The standard InChI is InChI=1S/C26H29FN6/c1-16(2)7-9-19-10-11-20(17(3)31-19)23-14-29-26(33-15-30-32-25(23)33)28-13-22-21-6-4-5-18(21)8-12-24(22)27/h8,10-12,14-16H,4-7,9,13H2,1-3H3,(H,28,29). The van der Waals surface area contributed by atoms with E-state index < -0.39 is 0 Å². The summed E-state index contributed by atoms with van der Waals surface area (Å²) in [6, 6.07) is 7.67. The molecular weight excluding hydrogens is 415 g/mol. The van der Waals surface area contributed by atoms with Crippen molar-refractivity contribution in [1.82, 2.24) is 24.6 Å². The summed E-state index contributed by atoms with van der Waals surface area (Å²) in [5.41, 5.74) is 7.75. The highest BCUT2D eigenvalue weighted by Crippen LogP contribution is 2.29. The molecule has 0 saturated heterocycles. The summed E-state index contributed by atoms with van der Waals surface area (Å²) in [4.78, 5) is 9.45. The lowest BCUT2D eigenvalue weighted by Gasteiger charge is -2.14. The average Bonchev–Trinajstić information content (AvgIpc) is 3.47. The Morgan fingerprint density at radius 2 is 2.00 bits per heavy atom. The number of rotatable bonds is 7. The molecule has 33 heavy (non-hydrogen) atoms. The van der Waals surface area contributed by atoms with E-state index in [9.17, 15) is 4.39 Å². The van der Waals surface area contributed by atoms with Gasteiger partial charge in [0.25, 0.3) is 0 Å². The van der Waals surface area contributed by atoms with Crippen molar-refractivity contribution < 1.29 is 4.39 Å². The minimum atomic E-state index is -0.168. The molecule has 0 spiro atoms. The van der Waals surface area contributed by atoms with E-state index >= 15 is 0 Å². The van der Waals surface area contributed by atoms with Crippen LogP contribution in [0.1, 0.15) is 54.8 Å². The van der Waals surface area contributed by atoms with Crippen LogP contribution in [0.4, 0.5) is 10.3 Å². The molecule has 0 fully saturated rings. The zero-order valence-electron chi connectivity index (χ0n) is 19.4. The summed E-state index contributed by atoms with van der Waals surface area (Å²) < 4.78 is 16.4. The Bertz CT molecular complexity index is 1310. The van der Waals surface area contributed by atoms with E-state index in [1.165, 1.54) is 5.56 Å². The Kier molecular flexibility index (Phi) is 5.79. The van der Waals surface area contributed by atoms with Crippen LogP contribution < -0.4 is 5.32 Å². The molecule has 6 nitrogen and oxygen atoms in total. The quantitative estimate of drug-likeness (QED) is 0.418. The minimum Gasteiger partial charge on any atom is -0.351 e. The van der Waals surface area contributed by atoms with Crippen molar-refractivity contribution in [1.29, 1.82) is 0 Å². The summed E-state index contributed by atoms with van der Waals surface area (Å²) in [6.07, 6.45) is 8.56. The smallest absolute Gasteiger partial charge is 0.210 e. The molecule has 1 aromatic carbocycles. The van der Waals surface area contributed by atoms with Gasteiger partial charge in [0.15, 0.2) is 5.65 Å². The highest BCUT2D eigenvalue weighted by molar-refractivity contribution is 5.79. The summed E-state index contributed by atoms with van der Waals surface area (Å²) in [5, 5.41) is 11.8. The molecule has 0 radical (unpaired) electrons. The van der Waals surface area contributed by atoms with Gasteiger partial charge in [-0.1, -0.05) is 26.0 Å². The van der Waals surface area contributed by atoms with Crippen LogP contribution in [0.3, 0.4) is 0 Å². The van der Waals surface area contributed by atoms with Gasteiger partial charge in [0.05, 0.1) is 0 Å². The van der Waals surface area contributed by atoms with Crippen LogP contribution in [0, 0.1) is 18.7 Å². The third-order valence-corrected chi connectivity index (χ3v) is 6.51. The van der Waals surface area contributed by atoms with Crippen molar-refractivity contribution in [2.45, 2.75) is 59.4 Å². The summed E-state index contributed by atoms with van der Waals surface area (Å²) in [6.45, 7) is 6.85. The van der Waals surface area contributed by atoms with E-state index in [-0.39, 0.29) is 5.82 Å². The number of pyridine rings is 1. The Hall–Kier alpha value is -3.35. The van der Waals surface area contributed by atoms with Gasteiger partial charge in [-0.25, -0.2) is 9.37 Å². The van der Waals surface area contributed by atoms with E-state index in [0.29, 0.717) is 24.1 Å². The van der Waals surface area contributed by atoms with E-state index in [2.05, 4.69) is 46.5 Å². The predicted octanol–water partition coefficient (Wildman–Crippen LogP) is 5.32. The van der Waals surface area contributed by atoms with Crippen LogP contribution in [-0.2, 0) is 25.8 Å². The maximum Gasteiger partial charge on any atom is 0.210 e. The van der Waals surface area contributed by atoms with Crippen molar-refractivity contribution in [2.75, 3.05) is 5.32 Å². The molecule has 0 saturated carbocycles. The highest BCUT2D eigenvalue weighted by Gasteiger charge is 2.19. The summed E-state index contributed by atoms with van der Waals surface area (Å²) in [5.74, 6) is 1.07. The van der Waals surface area contributed by atoms with Gasteiger partial charge in [0, 0.05) is 40.8 Å². The highest BCUT2D eigenvalue weighted by atomic mass is 19.1. The molecule has 3 aromatic heterocycles. The zero-order chi connectivity index (χ0) is 22.9. The van der Waals surface area contributed by atoms with E-state index in [4.69, 9.17) is 4.98 Å². The predicted molar refractivity (Wildman–Crippen MR) is 128 cm³/mol. The van der Waals surface area contributed by atoms with Crippen LogP contribution in [0.15, 0.2) is 36.8 Å². The Morgan fingerprint density at radius 3 is 2.82 bits per heavy atom. The topological polar surface area (TPSA) is 68.0 Å². The first kappa shape index (κ1) is 21.5. The maximum absolute atomic E-state index is 14.6. The number of aryl methyl sites for hydroxylation is 3. The van der Waals surface area contributed by atoms with Gasteiger partial charge in [-0.3, -0.25) is 9.38 Å². The van der Waals surface area contributed by atoms with E-state index in [1.54, 1.807) is 18.6 Å². The molecule has 3 heterocycles. The van der Waals surface area contributed by atoms with Gasteiger partial charge >= 0.3 is 0 Å². The molecule has 7 heteroatoms. The van der Waals surface area contributed by atoms with Crippen LogP contribution in [0.5, 0.6) is 0 Å². The second kappa shape index (κ2) is 8.89. The lowest BCUT2D eigenvalue weighted by molar-refractivity contribution is 0.581. The number of nitrogens with one attached hydrogen (secondary N) is 1. The third-order valence-electron chi connectivity index (χ3n) is 6.51. The normalized spacial score (nSPS) is 13.1. The van der Waals surface area contributed by atoms with Crippen LogP contribution >= 0.6 is 0 Å². The fraction of sp³-hybridized carbons (Fsp3) is 0.385. The Labute approximate surface area is 193 Å². The molecular formula is C26H29FN6. The van der Waals surface area contributed by atoms with Crippen LogP contribution in [0.2, 0.25) is 0 Å². The number of hydrogen-bond acceptors (Lipinski definition) is 5. The summed E-state index contributed by atoms with van der Waals surface area (Å²) >= 11 is 0. The first-order valence-corrected chi connectivity index (χ1v) is 11.7. The minimum absolute atomic E-state index is 0.168. The molecule has 0 atom stereocenters. The molecule has 0 aliphatic heterocycles. The number of benzene rings is 1. The molecule has 0 bridgehead atoms. The number of nitrogens with zero attached hydrogens (tertiary/aromatic N) is 5. The fourth-order valence-electron chi connectivity index (χ4n) is 4.69. The second-order valence-corrected chi connectivity index (χ2v) is 9.26. The van der Waals surface area contributed by atoms with Gasteiger partial charge < -0.3 is 5.32 Å². The molecule has 4 aromatic rings. The van der Waals surface area contributed by atoms with Crippen molar-refractivity contribution >= 4 is 11.6 Å². The molecule has 1 aliphatic rings. The van der Waals surface area contributed by atoms with Gasteiger partial charge in [0.1, 0.15) is 12.1 Å². The number of anilines is 1. The molecule has 0 amide bonds. The second-order valence-electron chi connectivity index (χ2n) is 9.26. The van der Waals surface area contributed by atoms with Gasteiger partial charge in [0.2, 0.25) is 5.95 Å². The molecule has 5 rings (SSSR count). The third kappa shape index (κ3) is 4.19. The van der Waals surface area contributed by atoms with Gasteiger partial charge in [-0.15, -0.1) is 10.2 Å². The number of halogens is 1. The number of hydrogen-bond donors (Lipinski definition) is 1. The van der Waals surface area contributed by atoms with Crippen molar-refractivity contribution in [2.24, 2.45) is 5.92 Å². The first-order valence-electron chi connectivity index (χ1n) is 11.7. The SMILES string of the molecule is Cc1nc(CCC(C)C)ccc1-c1cnc(NCc2c(F)ccc3c2CCC3)n2cnnc12. The van der Waals surface area contributed by atoms with Crippen molar-refractivity contribution in [3.05, 3.63) is 70.7 Å². The lowest BCUT2D eigenvalue weighted by atomic mass is 10.0. The maximum atomic E-state index is 14.6. The van der Waals surface area contributed by atoms with Gasteiger partial charge in [-0.05, 0) is 68.2 Å². The first-order chi connectivity index (χ1) is 16.0. The van der Waals surface area contributed by atoms with Crippen molar-refractivity contribution in [3.63, 3.8) is 0 Å². The molecule has 1 aliphatic carbocycles. The number of fused-ring (bicyclic) bond motifs is 2. The Morgan fingerprint density at radius 1 is 1.12 bits per heavy atom. The molecule has 1 N–H and O–H groups in total. The van der Waals surface area contributed by atoms with Crippen LogP contribution in [-0.4, -0.2) is 24.6 Å². The number of aromatic nitrogens is 5. The Balaban J connectivity index is 1.43. The van der Waals surface area contributed by atoms with E-state index in [1.807, 2.05) is 17.4 Å². The molecule has 170 valence electrons. The summed E-state index contributed by atoms with van der Waals surface area (Å²) in [7, 11) is 0. The monoisotopic (exact) mass is 444 g/mol. The lowest BCUT2D eigenvalue weighted by Crippen LogP contribution is -2.10. The zero-order valence-corrected chi connectivity index (χ0v) is 19.4. The van der Waals surface area contributed by atoms with Gasteiger partial charge in [-0.2, -0.15) is 0 Å². The van der Waals surface area contributed by atoms with E-state index in [0.717, 1.165) is 65.7 Å². The molecule has 0 unspecified atom stereocenters. The largest absolute Gasteiger partial charge is 0.351 e.